The number of fused-ring (bicyclic) bond motifs is 3. The maximum atomic E-state index is 12.3. The van der Waals surface area contributed by atoms with E-state index in [4.69, 9.17) is 0 Å². The number of aromatic nitrogens is 3. The number of para-hydroxylation sites is 1. The first-order chi connectivity index (χ1) is 12.5. The summed E-state index contributed by atoms with van der Waals surface area (Å²) in [6, 6.07) is 12.1. The van der Waals surface area contributed by atoms with E-state index in [0.717, 1.165) is 38.5 Å². The van der Waals surface area contributed by atoms with E-state index in [-0.39, 0.29) is 5.56 Å². The summed E-state index contributed by atoms with van der Waals surface area (Å²) in [5, 5.41) is 12.2. The Labute approximate surface area is 154 Å². The van der Waals surface area contributed by atoms with Crippen molar-refractivity contribution in [1.29, 1.82) is 5.26 Å². The van der Waals surface area contributed by atoms with Crippen LogP contribution in [0.4, 0.5) is 0 Å². The topological polar surface area (TPSA) is 85.3 Å². The highest BCUT2D eigenvalue weighted by molar-refractivity contribution is 7.98. The number of hydrogen-bond donors (Lipinski definition) is 2. The predicted molar refractivity (Wildman–Crippen MR) is 106 cm³/mol. The number of benzene rings is 2. The summed E-state index contributed by atoms with van der Waals surface area (Å²) < 4.78 is 0. The van der Waals surface area contributed by atoms with Crippen molar-refractivity contribution in [3.8, 4) is 17.3 Å². The van der Waals surface area contributed by atoms with Crippen molar-refractivity contribution in [3.63, 3.8) is 0 Å². The molecular formula is C20H16N4OS. The van der Waals surface area contributed by atoms with Gasteiger partial charge in [0.05, 0.1) is 5.69 Å². The Bertz CT molecular complexity index is 1280. The van der Waals surface area contributed by atoms with E-state index in [2.05, 4.69) is 21.0 Å². The van der Waals surface area contributed by atoms with E-state index in [1.54, 1.807) is 0 Å². The quantitative estimate of drug-likeness (QED) is 0.413. The van der Waals surface area contributed by atoms with Gasteiger partial charge in [0.25, 0.3) is 5.56 Å². The van der Waals surface area contributed by atoms with E-state index in [9.17, 15) is 10.1 Å². The Kier molecular flexibility index (Phi) is 3.82. The third-order valence-electron chi connectivity index (χ3n) is 4.70. The highest BCUT2D eigenvalue weighted by Gasteiger charge is 2.19. The number of thioether (sulfide) groups is 1. The Morgan fingerprint density at radius 1 is 1.19 bits per heavy atom. The molecule has 0 bridgehead atoms. The molecule has 0 aliphatic rings. The van der Waals surface area contributed by atoms with E-state index in [1.807, 2.05) is 50.4 Å². The van der Waals surface area contributed by atoms with Crippen LogP contribution in [-0.2, 0) is 0 Å². The molecule has 2 aromatic heterocycles. The van der Waals surface area contributed by atoms with Crippen LogP contribution in [0.2, 0.25) is 0 Å². The molecule has 2 aromatic carbocycles. The normalized spacial score (nSPS) is 11.2. The fraction of sp³-hybridized carbons (Fsp3) is 0.150. The fourth-order valence-electron chi connectivity index (χ4n) is 3.45. The molecule has 2 N–H and O–H groups in total. The van der Waals surface area contributed by atoms with Crippen LogP contribution in [0.5, 0.6) is 0 Å². The van der Waals surface area contributed by atoms with Crippen molar-refractivity contribution < 1.29 is 0 Å². The summed E-state index contributed by atoms with van der Waals surface area (Å²) in [6.45, 7) is 4.04. The molecule has 0 unspecified atom stereocenters. The number of aromatic amines is 2. The molecule has 0 aliphatic heterocycles. The van der Waals surface area contributed by atoms with Crippen LogP contribution in [-0.4, -0.2) is 21.2 Å². The van der Waals surface area contributed by atoms with E-state index >= 15 is 0 Å². The van der Waals surface area contributed by atoms with Crippen molar-refractivity contribution in [1.82, 2.24) is 15.0 Å². The van der Waals surface area contributed by atoms with Crippen LogP contribution < -0.4 is 5.56 Å². The molecule has 4 rings (SSSR count). The Balaban J connectivity index is 2.16. The number of nitriles is 1. The molecule has 128 valence electrons. The lowest BCUT2D eigenvalue weighted by atomic mass is 9.95. The molecule has 0 atom stereocenters. The molecule has 4 aromatic rings. The summed E-state index contributed by atoms with van der Waals surface area (Å²) in [7, 11) is 0. The minimum atomic E-state index is -0.405. The maximum absolute atomic E-state index is 12.3. The van der Waals surface area contributed by atoms with Gasteiger partial charge in [-0.2, -0.15) is 5.26 Å². The van der Waals surface area contributed by atoms with E-state index < -0.39 is 5.56 Å². The first-order valence-corrected chi connectivity index (χ1v) is 9.37. The molecule has 2 heterocycles. The fourth-order valence-corrected chi connectivity index (χ4v) is 3.83. The first-order valence-electron chi connectivity index (χ1n) is 8.14. The van der Waals surface area contributed by atoms with Gasteiger partial charge in [-0.15, -0.1) is 0 Å². The second-order valence-corrected chi connectivity index (χ2v) is 6.99. The minimum absolute atomic E-state index is 0.0458. The molecule has 0 spiro atoms. The van der Waals surface area contributed by atoms with Crippen LogP contribution >= 0.6 is 11.8 Å². The zero-order chi connectivity index (χ0) is 18.4. The maximum Gasteiger partial charge on any atom is 0.270 e. The lowest BCUT2D eigenvalue weighted by Gasteiger charge is -2.11. The summed E-state index contributed by atoms with van der Waals surface area (Å²) in [4.78, 5) is 23.0. The lowest BCUT2D eigenvalue weighted by Crippen LogP contribution is -2.15. The molecule has 5 nitrogen and oxygen atoms in total. The Morgan fingerprint density at radius 3 is 2.69 bits per heavy atom. The van der Waals surface area contributed by atoms with E-state index in [1.165, 1.54) is 11.8 Å². The van der Waals surface area contributed by atoms with E-state index in [0.29, 0.717) is 10.9 Å². The summed E-state index contributed by atoms with van der Waals surface area (Å²) in [5.74, 6) is 0. The van der Waals surface area contributed by atoms with Crippen molar-refractivity contribution in [2.75, 3.05) is 6.26 Å². The number of rotatable bonds is 2. The van der Waals surface area contributed by atoms with Crippen LogP contribution in [0.15, 0.2) is 40.3 Å². The van der Waals surface area contributed by atoms with Gasteiger partial charge in [0.1, 0.15) is 11.6 Å². The monoisotopic (exact) mass is 360 g/mol. The van der Waals surface area contributed by atoms with Crippen molar-refractivity contribution in [3.05, 3.63) is 57.4 Å². The SMILES string of the molecule is CSc1nc(-c2cc(C)c3[nH]c4ccccc4c3c2C)c(C#N)c(=O)[nH]1. The lowest BCUT2D eigenvalue weighted by molar-refractivity contribution is 0.937. The van der Waals surface area contributed by atoms with Gasteiger partial charge in [-0.1, -0.05) is 30.0 Å². The first kappa shape index (κ1) is 16.4. The molecule has 0 radical (unpaired) electrons. The molecule has 0 amide bonds. The summed E-state index contributed by atoms with van der Waals surface area (Å²) in [5.41, 5.74) is 5.09. The second kappa shape index (κ2) is 6.04. The Morgan fingerprint density at radius 2 is 1.96 bits per heavy atom. The number of nitrogens with one attached hydrogen (secondary N) is 2. The van der Waals surface area contributed by atoms with Gasteiger partial charge in [0.2, 0.25) is 0 Å². The molecule has 0 fully saturated rings. The smallest absolute Gasteiger partial charge is 0.270 e. The van der Waals surface area contributed by atoms with Gasteiger partial charge in [0.15, 0.2) is 5.16 Å². The van der Waals surface area contributed by atoms with Crippen LogP contribution in [0.1, 0.15) is 16.7 Å². The van der Waals surface area contributed by atoms with Crippen LogP contribution in [0.3, 0.4) is 0 Å². The molecule has 0 aliphatic carbocycles. The van der Waals surface area contributed by atoms with Crippen LogP contribution in [0, 0.1) is 25.2 Å². The minimum Gasteiger partial charge on any atom is -0.354 e. The molecule has 0 saturated heterocycles. The van der Waals surface area contributed by atoms with Gasteiger partial charge in [0, 0.05) is 27.4 Å². The highest BCUT2D eigenvalue weighted by atomic mass is 32.2. The molecule has 6 heteroatoms. The van der Waals surface area contributed by atoms with Crippen molar-refractivity contribution in [2.24, 2.45) is 0 Å². The third kappa shape index (κ3) is 2.32. The third-order valence-corrected chi connectivity index (χ3v) is 5.28. The van der Waals surface area contributed by atoms with Gasteiger partial charge < -0.3 is 9.97 Å². The average Bonchev–Trinajstić information content (AvgIpc) is 3.04. The second-order valence-electron chi connectivity index (χ2n) is 6.20. The largest absolute Gasteiger partial charge is 0.354 e. The van der Waals surface area contributed by atoms with Crippen molar-refractivity contribution in [2.45, 2.75) is 19.0 Å². The number of nitrogens with zero attached hydrogens (tertiary/aromatic N) is 2. The van der Waals surface area contributed by atoms with Crippen LogP contribution in [0.25, 0.3) is 33.1 Å². The molecular weight excluding hydrogens is 344 g/mol. The van der Waals surface area contributed by atoms with Gasteiger partial charge >= 0.3 is 0 Å². The highest BCUT2D eigenvalue weighted by Crippen LogP contribution is 2.36. The van der Waals surface area contributed by atoms with Gasteiger partial charge in [-0.3, -0.25) is 4.79 Å². The summed E-state index contributed by atoms with van der Waals surface area (Å²) >= 11 is 1.35. The van der Waals surface area contributed by atoms with Crippen molar-refractivity contribution >= 4 is 33.6 Å². The van der Waals surface area contributed by atoms with Gasteiger partial charge in [-0.05, 0) is 43.4 Å². The predicted octanol–water partition coefficient (Wildman–Crippen LogP) is 4.28. The molecule has 0 saturated carbocycles. The Hall–Kier alpha value is -3.04. The van der Waals surface area contributed by atoms with Gasteiger partial charge in [-0.25, -0.2) is 4.98 Å². The number of aryl methyl sites for hydroxylation is 2. The zero-order valence-electron chi connectivity index (χ0n) is 14.6. The number of H-pyrrole nitrogens is 2. The summed E-state index contributed by atoms with van der Waals surface area (Å²) in [6.07, 6.45) is 1.84. The standard InChI is InChI=1S/C20H16N4OS/c1-10-8-13(18-14(9-21)19(25)24-20(23-18)26-3)11(2)16-12-6-4-5-7-15(12)22-17(10)16/h4-8,22H,1-3H3,(H,23,24,25). The zero-order valence-corrected chi connectivity index (χ0v) is 15.4. The number of hydrogen-bond acceptors (Lipinski definition) is 4. The average molecular weight is 360 g/mol. The molecule has 26 heavy (non-hydrogen) atoms.